The molecule has 0 aliphatic carbocycles. The Bertz CT molecular complexity index is 2190. The number of para-hydroxylation sites is 2. The molecule has 0 spiro atoms. The highest BCUT2D eigenvalue weighted by atomic mass is 16.4. The van der Waals surface area contributed by atoms with Crippen LogP contribution in [0.2, 0.25) is 0 Å². The number of carboxylic acids is 3. The molecule has 276 valence electrons. The molecule has 0 unspecified atom stereocenters. The summed E-state index contributed by atoms with van der Waals surface area (Å²) in [6.45, 7) is 1.23. The molecule has 4 aromatic carbocycles. The lowest BCUT2D eigenvalue weighted by molar-refractivity contribution is -0.139. The van der Waals surface area contributed by atoms with Gasteiger partial charge in [-0.25, -0.2) is 9.59 Å². The maximum absolute atomic E-state index is 12.0. The van der Waals surface area contributed by atoms with Gasteiger partial charge >= 0.3 is 17.9 Å². The van der Waals surface area contributed by atoms with Crippen molar-refractivity contribution in [2.45, 2.75) is 19.5 Å². The van der Waals surface area contributed by atoms with Crippen LogP contribution in [0.3, 0.4) is 0 Å². The molecular weight excluding hydrogens is 700 g/mol. The van der Waals surface area contributed by atoms with E-state index in [1.54, 1.807) is 66.4 Å². The number of fused-ring (bicyclic) bond motifs is 2. The van der Waals surface area contributed by atoms with Gasteiger partial charge in [-0.1, -0.05) is 48.5 Å². The van der Waals surface area contributed by atoms with Gasteiger partial charge in [0.05, 0.1) is 22.5 Å². The summed E-state index contributed by atoms with van der Waals surface area (Å²) in [5, 5.41) is 31.0. The Hall–Kier alpha value is -7.42. The molecule has 4 amide bonds. The maximum atomic E-state index is 12.0. The minimum Gasteiger partial charge on any atom is -0.481 e. The van der Waals surface area contributed by atoms with Gasteiger partial charge in [0.25, 0.3) is 11.8 Å². The molecule has 0 radical (unpaired) electrons. The number of hydrogen-bond acceptors (Lipinski definition) is 8. The molecule has 0 aromatic heterocycles. The normalized spacial score (nSPS) is 12.4. The molecule has 2 aliphatic rings. The van der Waals surface area contributed by atoms with Crippen LogP contribution in [0, 0.1) is 0 Å². The van der Waals surface area contributed by atoms with Crippen molar-refractivity contribution < 1.29 is 53.7 Å². The molecule has 2 aliphatic heterocycles. The number of benzene rings is 4. The first-order chi connectivity index (χ1) is 25.7. The number of carboxylic acid groups (broad SMARTS) is 3. The maximum Gasteiger partial charge on any atom is 0.337 e. The standard InChI is InChI=1S/C19H16N2O4.C10H9NO5.C10H9NO2/c1-21-11-13-8-6-12(10-15(13)18(21)23)7-9-17(22)20-16-5-3-2-4-14(16)19(24)25;12-8(5-9(13)14)11-7-4-2-1-3-6(7)10(15)16;1-11-5-8-3-2-7(6-12)4-9(8)10(11)13/h2-10H,11H2,1H3,(H,20,22)(H,24,25);1-4H,5H2,(H,11,12)(H,13,14)(H,15,16);2-4,6H,5H2,1H3/b9-7+;;. The van der Waals surface area contributed by atoms with E-state index >= 15 is 0 Å². The number of nitrogens with one attached hydrogen (secondary N) is 2. The lowest BCUT2D eigenvalue weighted by Gasteiger charge is -2.06. The second-order valence-corrected chi connectivity index (χ2v) is 11.9. The predicted molar refractivity (Wildman–Crippen MR) is 195 cm³/mol. The number of amides is 4. The number of nitrogens with zero attached hydrogens (tertiary/aromatic N) is 2. The second kappa shape index (κ2) is 17.7. The summed E-state index contributed by atoms with van der Waals surface area (Å²) >= 11 is 0. The third-order valence-corrected chi connectivity index (χ3v) is 7.96. The first-order valence-electron chi connectivity index (χ1n) is 16.1. The molecule has 4 aromatic rings. The highest BCUT2D eigenvalue weighted by molar-refractivity contribution is 6.07. The monoisotopic (exact) mass is 734 g/mol. The molecule has 5 N–H and O–H groups in total. The Balaban J connectivity index is 0.000000193. The lowest BCUT2D eigenvalue weighted by Crippen LogP contribution is -2.17. The summed E-state index contributed by atoms with van der Waals surface area (Å²) in [5.41, 5.74) is 4.80. The molecule has 15 nitrogen and oxygen atoms in total. The van der Waals surface area contributed by atoms with E-state index in [0.29, 0.717) is 29.8 Å². The molecule has 6 rings (SSSR count). The number of carbonyl (C=O) groups is 8. The number of anilines is 2. The molecular formula is C39H34N4O11. The quantitative estimate of drug-likeness (QED) is 0.0913. The molecule has 54 heavy (non-hydrogen) atoms. The fourth-order valence-electron chi connectivity index (χ4n) is 5.34. The van der Waals surface area contributed by atoms with Crippen LogP contribution in [-0.4, -0.2) is 87.0 Å². The number of aromatic carboxylic acids is 2. The Morgan fingerprint density at radius 1 is 0.667 bits per heavy atom. The van der Waals surface area contributed by atoms with E-state index < -0.39 is 36.1 Å². The van der Waals surface area contributed by atoms with E-state index in [-0.39, 0.29) is 34.3 Å². The van der Waals surface area contributed by atoms with Crippen LogP contribution in [0.5, 0.6) is 0 Å². The number of hydrogen-bond donors (Lipinski definition) is 5. The summed E-state index contributed by atoms with van der Waals surface area (Å²) in [6, 6.07) is 22.6. The second-order valence-electron chi connectivity index (χ2n) is 11.9. The summed E-state index contributed by atoms with van der Waals surface area (Å²) < 4.78 is 0. The lowest BCUT2D eigenvalue weighted by atomic mass is 10.1. The average Bonchev–Trinajstić information content (AvgIpc) is 3.59. The van der Waals surface area contributed by atoms with Crippen molar-refractivity contribution in [2.75, 3.05) is 24.7 Å². The number of aliphatic carboxylic acids is 1. The molecule has 0 atom stereocenters. The molecule has 0 fully saturated rings. The van der Waals surface area contributed by atoms with Crippen molar-refractivity contribution in [3.05, 3.63) is 136 Å². The van der Waals surface area contributed by atoms with Crippen LogP contribution in [0.15, 0.2) is 91.0 Å². The van der Waals surface area contributed by atoms with Crippen LogP contribution >= 0.6 is 0 Å². The van der Waals surface area contributed by atoms with Gasteiger partial charge in [-0.2, -0.15) is 0 Å². The van der Waals surface area contributed by atoms with E-state index in [2.05, 4.69) is 10.6 Å². The van der Waals surface area contributed by atoms with Crippen LogP contribution in [0.4, 0.5) is 11.4 Å². The predicted octanol–water partition coefficient (Wildman–Crippen LogP) is 4.51. The topological polar surface area (TPSA) is 228 Å². The van der Waals surface area contributed by atoms with Crippen molar-refractivity contribution in [2.24, 2.45) is 0 Å². The molecule has 0 saturated heterocycles. The SMILES string of the molecule is CN1Cc2ccc(/C=C/C(=O)Nc3ccccc3C(=O)O)cc2C1=O.CN1Cc2ccc(C=O)cc2C1=O.O=C(O)CC(=O)Nc1ccccc1C(=O)O. The molecule has 2 heterocycles. The van der Waals surface area contributed by atoms with Gasteiger partial charge in [0.1, 0.15) is 12.7 Å². The van der Waals surface area contributed by atoms with Gasteiger partial charge in [0.2, 0.25) is 11.8 Å². The van der Waals surface area contributed by atoms with Crippen molar-refractivity contribution in [1.29, 1.82) is 0 Å². The fraction of sp³-hybridized carbons (Fsp3) is 0.128. The van der Waals surface area contributed by atoms with E-state index in [9.17, 15) is 38.4 Å². The van der Waals surface area contributed by atoms with Crippen molar-refractivity contribution in [3.63, 3.8) is 0 Å². The zero-order valence-corrected chi connectivity index (χ0v) is 28.9. The van der Waals surface area contributed by atoms with Gasteiger partial charge in [-0.15, -0.1) is 0 Å². The van der Waals surface area contributed by atoms with Crippen LogP contribution in [-0.2, 0) is 27.5 Å². The Labute approximate surface area is 308 Å². The van der Waals surface area contributed by atoms with Crippen molar-refractivity contribution in [3.8, 4) is 0 Å². The third kappa shape index (κ3) is 10.1. The van der Waals surface area contributed by atoms with Gasteiger partial charge in [0.15, 0.2) is 0 Å². The zero-order valence-electron chi connectivity index (χ0n) is 28.9. The minimum absolute atomic E-state index is 0.00120. The summed E-state index contributed by atoms with van der Waals surface area (Å²) in [4.78, 5) is 92.5. The molecule has 0 saturated carbocycles. The zero-order chi connectivity index (χ0) is 39.5. The van der Waals surface area contributed by atoms with E-state index in [1.165, 1.54) is 36.4 Å². The van der Waals surface area contributed by atoms with Crippen molar-refractivity contribution in [1.82, 2.24) is 9.80 Å². The summed E-state index contributed by atoms with van der Waals surface area (Å²) in [7, 11) is 3.49. The van der Waals surface area contributed by atoms with E-state index in [1.807, 2.05) is 18.2 Å². The van der Waals surface area contributed by atoms with Crippen molar-refractivity contribution >= 4 is 65.3 Å². The highest BCUT2D eigenvalue weighted by Crippen LogP contribution is 2.24. The Morgan fingerprint density at radius 3 is 1.61 bits per heavy atom. The van der Waals surface area contributed by atoms with Gasteiger partial charge in [0, 0.05) is 50.0 Å². The first-order valence-corrected chi connectivity index (χ1v) is 16.1. The largest absolute Gasteiger partial charge is 0.481 e. The fourth-order valence-corrected chi connectivity index (χ4v) is 5.34. The number of rotatable bonds is 9. The minimum atomic E-state index is -1.27. The molecule has 0 bridgehead atoms. The number of aldehydes is 1. The Morgan fingerprint density at radius 2 is 1.13 bits per heavy atom. The average molecular weight is 735 g/mol. The van der Waals surface area contributed by atoms with E-state index in [4.69, 9.17) is 15.3 Å². The smallest absolute Gasteiger partial charge is 0.337 e. The highest BCUT2D eigenvalue weighted by Gasteiger charge is 2.25. The van der Waals surface area contributed by atoms with Crippen LogP contribution < -0.4 is 10.6 Å². The third-order valence-electron chi connectivity index (χ3n) is 7.96. The van der Waals surface area contributed by atoms with Crippen LogP contribution in [0.25, 0.3) is 6.08 Å². The number of carbonyl (C=O) groups excluding carboxylic acids is 5. The summed E-state index contributed by atoms with van der Waals surface area (Å²) in [6.07, 6.45) is 2.95. The van der Waals surface area contributed by atoms with Gasteiger partial charge in [-0.05, 0) is 59.2 Å². The van der Waals surface area contributed by atoms with Gasteiger partial charge in [-0.3, -0.25) is 28.8 Å². The molecule has 15 heteroatoms. The summed E-state index contributed by atoms with van der Waals surface area (Å²) in [5.74, 6) is -4.82. The first kappa shape index (κ1) is 39.4. The van der Waals surface area contributed by atoms with E-state index in [0.717, 1.165) is 23.0 Å². The van der Waals surface area contributed by atoms with Crippen LogP contribution in [0.1, 0.15) is 74.9 Å². The Kier molecular flexibility index (Phi) is 12.9. The van der Waals surface area contributed by atoms with Gasteiger partial charge < -0.3 is 35.8 Å².